The van der Waals surface area contributed by atoms with E-state index in [1.165, 1.54) is 4.68 Å². The summed E-state index contributed by atoms with van der Waals surface area (Å²) < 4.78 is 6.60. The van der Waals surface area contributed by atoms with Crippen LogP contribution >= 0.6 is 11.8 Å². The van der Waals surface area contributed by atoms with Crippen molar-refractivity contribution in [2.45, 2.75) is 24.8 Å². The number of anilines is 1. The maximum atomic E-state index is 12.8. The number of nitrogens with zero attached hydrogens (tertiary/aromatic N) is 3. The number of ether oxygens (including phenoxy) is 1. The van der Waals surface area contributed by atoms with Gasteiger partial charge in [-0.2, -0.15) is 5.10 Å². The molecule has 0 saturated carbocycles. The fourth-order valence-electron chi connectivity index (χ4n) is 3.45. The molecule has 2 aromatic carbocycles. The number of aryl methyl sites for hydroxylation is 1. The number of rotatable bonds is 5. The molecule has 0 aliphatic carbocycles. The Morgan fingerprint density at radius 1 is 1.10 bits per heavy atom. The van der Waals surface area contributed by atoms with Crippen LogP contribution in [-0.4, -0.2) is 40.6 Å². The lowest BCUT2D eigenvalue weighted by atomic mass is 10.1. The van der Waals surface area contributed by atoms with E-state index in [0.717, 1.165) is 16.3 Å². The quantitative estimate of drug-likeness (QED) is 0.587. The Balaban J connectivity index is 1.56. The molecule has 4 rings (SSSR count). The van der Waals surface area contributed by atoms with Crippen LogP contribution < -0.4 is 10.5 Å². The van der Waals surface area contributed by atoms with Crippen molar-refractivity contribution in [1.82, 2.24) is 9.78 Å². The number of carbonyl (C=O) groups excluding carboxylic acids is 2. The van der Waals surface area contributed by atoms with Gasteiger partial charge in [-0.15, -0.1) is 11.8 Å². The molecule has 0 atom stereocenters. The van der Waals surface area contributed by atoms with Crippen LogP contribution in [0.3, 0.4) is 0 Å². The number of aromatic nitrogens is 2. The van der Waals surface area contributed by atoms with Gasteiger partial charge in [0.1, 0.15) is 0 Å². The zero-order valence-electron chi connectivity index (χ0n) is 16.5. The third kappa shape index (κ3) is 3.82. The standard InChI is InChI=1S/C22H21N3O4S/c1-2-11-25-21(27)16-8-4-3-7-15(16)20(23-25)22(28)29-14-19(26)24-12-13-30-18-10-6-5-9-17(18)24/h3-10H,2,11-14H2,1H3. The largest absolute Gasteiger partial charge is 0.451 e. The lowest BCUT2D eigenvalue weighted by molar-refractivity contribution is -0.121. The Morgan fingerprint density at radius 2 is 1.83 bits per heavy atom. The minimum absolute atomic E-state index is 0.0426. The third-order valence-electron chi connectivity index (χ3n) is 4.85. The lowest BCUT2D eigenvalue weighted by Gasteiger charge is -2.28. The number of hydrogen-bond donors (Lipinski definition) is 0. The molecular weight excluding hydrogens is 402 g/mol. The van der Waals surface area contributed by atoms with Gasteiger partial charge >= 0.3 is 5.97 Å². The van der Waals surface area contributed by atoms with Crippen molar-refractivity contribution in [2.24, 2.45) is 0 Å². The molecule has 0 N–H and O–H groups in total. The molecule has 0 spiro atoms. The second-order valence-corrected chi connectivity index (χ2v) is 8.00. The molecule has 7 nitrogen and oxygen atoms in total. The summed E-state index contributed by atoms with van der Waals surface area (Å²) in [6.45, 7) is 2.49. The minimum Gasteiger partial charge on any atom is -0.451 e. The highest BCUT2D eigenvalue weighted by Crippen LogP contribution is 2.34. The van der Waals surface area contributed by atoms with Gasteiger partial charge in [-0.3, -0.25) is 9.59 Å². The normalized spacial score (nSPS) is 13.2. The first-order valence-corrected chi connectivity index (χ1v) is 10.8. The van der Waals surface area contributed by atoms with Crippen molar-refractivity contribution >= 4 is 40.1 Å². The summed E-state index contributed by atoms with van der Waals surface area (Å²) in [4.78, 5) is 40.8. The molecule has 154 valence electrons. The van der Waals surface area contributed by atoms with E-state index in [0.29, 0.717) is 30.3 Å². The van der Waals surface area contributed by atoms with Crippen molar-refractivity contribution in [2.75, 3.05) is 23.8 Å². The number of thioether (sulfide) groups is 1. The van der Waals surface area contributed by atoms with Gasteiger partial charge in [0.15, 0.2) is 12.3 Å². The van der Waals surface area contributed by atoms with E-state index >= 15 is 0 Å². The molecule has 8 heteroatoms. The summed E-state index contributed by atoms with van der Waals surface area (Å²) in [6.07, 6.45) is 0.699. The average Bonchev–Trinajstić information content (AvgIpc) is 2.79. The Hall–Kier alpha value is -3.13. The number of hydrogen-bond acceptors (Lipinski definition) is 6. The molecule has 0 bridgehead atoms. The molecule has 30 heavy (non-hydrogen) atoms. The van der Waals surface area contributed by atoms with Gasteiger partial charge in [0, 0.05) is 29.1 Å². The molecule has 3 aromatic rings. The van der Waals surface area contributed by atoms with Crippen molar-refractivity contribution in [1.29, 1.82) is 0 Å². The molecule has 0 saturated heterocycles. The first-order chi connectivity index (χ1) is 14.6. The van der Waals surface area contributed by atoms with Crippen LogP contribution in [0.5, 0.6) is 0 Å². The number of fused-ring (bicyclic) bond motifs is 2. The Labute approximate surface area is 177 Å². The van der Waals surface area contributed by atoms with Crippen molar-refractivity contribution in [3.8, 4) is 0 Å². The van der Waals surface area contributed by atoms with E-state index in [1.54, 1.807) is 40.9 Å². The van der Waals surface area contributed by atoms with Crippen LogP contribution in [0.2, 0.25) is 0 Å². The smallest absolute Gasteiger partial charge is 0.359 e. The van der Waals surface area contributed by atoms with Crippen LogP contribution in [0.4, 0.5) is 5.69 Å². The van der Waals surface area contributed by atoms with E-state index in [2.05, 4.69) is 5.10 Å². The van der Waals surface area contributed by atoms with E-state index in [9.17, 15) is 14.4 Å². The van der Waals surface area contributed by atoms with Gasteiger partial charge in [-0.1, -0.05) is 37.3 Å². The molecule has 0 unspecified atom stereocenters. The molecule has 1 aromatic heterocycles. The van der Waals surface area contributed by atoms with Crippen LogP contribution in [0.15, 0.2) is 58.2 Å². The molecule has 0 radical (unpaired) electrons. The van der Waals surface area contributed by atoms with E-state index in [4.69, 9.17) is 4.74 Å². The Kier molecular flexibility index (Phi) is 5.85. The highest BCUT2D eigenvalue weighted by Gasteiger charge is 2.25. The van der Waals surface area contributed by atoms with Crippen molar-refractivity contribution in [3.63, 3.8) is 0 Å². The van der Waals surface area contributed by atoms with Crippen LogP contribution in [0.25, 0.3) is 10.8 Å². The maximum absolute atomic E-state index is 12.8. The SMILES string of the molecule is CCCn1nc(C(=O)OCC(=O)N2CCSc3ccccc32)c2ccccc2c1=O. The summed E-state index contributed by atoms with van der Waals surface area (Å²) in [6, 6.07) is 14.5. The highest BCUT2D eigenvalue weighted by molar-refractivity contribution is 7.99. The third-order valence-corrected chi connectivity index (χ3v) is 5.90. The second kappa shape index (κ2) is 8.71. The van der Waals surface area contributed by atoms with Crippen molar-refractivity contribution < 1.29 is 14.3 Å². The van der Waals surface area contributed by atoms with E-state index in [-0.39, 0.29) is 23.8 Å². The van der Waals surface area contributed by atoms with Gasteiger partial charge in [-0.25, -0.2) is 9.48 Å². The summed E-state index contributed by atoms with van der Waals surface area (Å²) in [7, 11) is 0. The molecular formula is C22H21N3O4S. The van der Waals surface area contributed by atoms with E-state index in [1.807, 2.05) is 31.2 Å². The predicted octanol–water partition coefficient (Wildman–Crippen LogP) is 3.10. The monoisotopic (exact) mass is 423 g/mol. The first kappa shape index (κ1) is 20.2. The Bertz CT molecular complexity index is 1170. The fraction of sp³-hybridized carbons (Fsp3) is 0.273. The van der Waals surface area contributed by atoms with Crippen molar-refractivity contribution in [3.05, 3.63) is 64.6 Å². The Morgan fingerprint density at radius 3 is 2.63 bits per heavy atom. The minimum atomic E-state index is -0.718. The number of para-hydroxylation sites is 1. The molecule has 1 aliphatic heterocycles. The van der Waals surface area contributed by atoms with Crippen LogP contribution in [0.1, 0.15) is 23.8 Å². The van der Waals surface area contributed by atoms with Crippen LogP contribution in [0, 0.1) is 0 Å². The molecule has 1 amide bonds. The first-order valence-electron chi connectivity index (χ1n) is 9.79. The highest BCUT2D eigenvalue weighted by atomic mass is 32.2. The van der Waals surface area contributed by atoms with Gasteiger partial charge < -0.3 is 9.64 Å². The van der Waals surface area contributed by atoms with Gasteiger partial charge in [0.25, 0.3) is 11.5 Å². The summed E-state index contributed by atoms with van der Waals surface area (Å²) in [5, 5.41) is 5.04. The zero-order chi connectivity index (χ0) is 21.1. The van der Waals surface area contributed by atoms with E-state index < -0.39 is 5.97 Å². The molecule has 0 fully saturated rings. The van der Waals surface area contributed by atoms with Crippen LogP contribution in [-0.2, 0) is 16.1 Å². The second-order valence-electron chi connectivity index (χ2n) is 6.86. The summed E-state index contributed by atoms with van der Waals surface area (Å²) >= 11 is 1.70. The van der Waals surface area contributed by atoms with Gasteiger partial charge in [0.2, 0.25) is 0 Å². The molecule has 1 aliphatic rings. The van der Waals surface area contributed by atoms with Gasteiger partial charge in [0.05, 0.1) is 11.1 Å². The number of esters is 1. The maximum Gasteiger partial charge on any atom is 0.359 e. The van der Waals surface area contributed by atoms with Gasteiger partial charge in [-0.05, 0) is 24.6 Å². The predicted molar refractivity (Wildman–Crippen MR) is 116 cm³/mol. The average molecular weight is 423 g/mol. The zero-order valence-corrected chi connectivity index (χ0v) is 17.4. The fourth-order valence-corrected chi connectivity index (χ4v) is 4.45. The molecule has 2 heterocycles. The lowest BCUT2D eigenvalue weighted by Crippen LogP contribution is -2.38. The number of benzene rings is 2. The topological polar surface area (TPSA) is 81.5 Å². The number of amides is 1. The number of carbonyl (C=O) groups is 2. The summed E-state index contributed by atoms with van der Waals surface area (Å²) in [5.74, 6) is -0.225. The summed E-state index contributed by atoms with van der Waals surface area (Å²) in [5.41, 5.74) is 0.624.